The van der Waals surface area contributed by atoms with Crippen molar-refractivity contribution in [3.8, 4) is 17.2 Å². The molecule has 1 heterocycles. The molecule has 1 unspecified atom stereocenters. The third kappa shape index (κ3) is 5.02. The zero-order chi connectivity index (χ0) is 27.6. The summed E-state index contributed by atoms with van der Waals surface area (Å²) in [5.41, 5.74) is 2.40. The molecule has 1 fully saturated rings. The van der Waals surface area contributed by atoms with Gasteiger partial charge >= 0.3 is 0 Å². The third-order valence-corrected chi connectivity index (χ3v) is 6.29. The number of aliphatic hydroxyl groups is 1. The predicted molar refractivity (Wildman–Crippen MR) is 147 cm³/mol. The fourth-order valence-electron chi connectivity index (χ4n) is 4.49. The van der Waals surface area contributed by atoms with Crippen LogP contribution in [0.5, 0.6) is 17.2 Å². The number of aliphatic hydroxyl groups excluding tert-OH is 1. The second-order valence-electron chi connectivity index (χ2n) is 9.39. The molecule has 8 heteroatoms. The number of ketones is 1. The molecule has 1 atom stereocenters. The van der Waals surface area contributed by atoms with Gasteiger partial charge < -0.3 is 24.2 Å². The van der Waals surface area contributed by atoms with Crippen molar-refractivity contribution in [1.82, 2.24) is 0 Å². The maximum Gasteiger partial charge on any atom is 0.300 e. The Morgan fingerprint density at radius 2 is 1.61 bits per heavy atom. The maximum absolute atomic E-state index is 13.5. The fraction of sp³-hybridized carbons (Fsp3) is 0.267. The molecule has 0 saturated carbocycles. The van der Waals surface area contributed by atoms with Crippen LogP contribution >= 0.6 is 0 Å². The molecule has 1 aliphatic rings. The lowest BCUT2D eigenvalue weighted by molar-refractivity contribution is -0.132. The van der Waals surface area contributed by atoms with Gasteiger partial charge in [0.2, 0.25) is 0 Å². The molecule has 0 aromatic heterocycles. The first-order valence-corrected chi connectivity index (χ1v) is 12.2. The number of amides is 1. The Morgan fingerprint density at radius 3 is 2.21 bits per heavy atom. The van der Waals surface area contributed by atoms with Crippen molar-refractivity contribution in [2.24, 2.45) is 0 Å². The first kappa shape index (κ1) is 26.6. The van der Waals surface area contributed by atoms with Crippen LogP contribution in [0.25, 0.3) is 5.76 Å². The smallest absolute Gasteiger partial charge is 0.300 e. The van der Waals surface area contributed by atoms with Crippen LogP contribution in [0, 0.1) is 0 Å². The zero-order valence-corrected chi connectivity index (χ0v) is 22.4. The van der Waals surface area contributed by atoms with Crippen molar-refractivity contribution >= 4 is 28.8 Å². The number of Topliss-reactive ketones (excluding diaryl/α,β-unsaturated/α-hetero) is 1. The highest BCUT2D eigenvalue weighted by Crippen LogP contribution is 2.44. The Hall–Kier alpha value is -4.46. The van der Waals surface area contributed by atoms with Gasteiger partial charge in [0.15, 0.2) is 11.5 Å². The number of benzene rings is 3. The first-order chi connectivity index (χ1) is 18.2. The van der Waals surface area contributed by atoms with Gasteiger partial charge in [0, 0.05) is 31.0 Å². The molecule has 38 heavy (non-hydrogen) atoms. The van der Waals surface area contributed by atoms with Gasteiger partial charge in [-0.25, -0.2) is 0 Å². The Labute approximate surface area is 222 Å². The summed E-state index contributed by atoms with van der Waals surface area (Å²) >= 11 is 0. The van der Waals surface area contributed by atoms with Crippen LogP contribution in [0.15, 0.2) is 72.3 Å². The predicted octanol–water partition coefficient (Wildman–Crippen LogP) is 5.18. The normalized spacial score (nSPS) is 16.6. The van der Waals surface area contributed by atoms with Crippen LogP contribution in [0.1, 0.15) is 31.0 Å². The van der Waals surface area contributed by atoms with Crippen molar-refractivity contribution in [3.63, 3.8) is 0 Å². The van der Waals surface area contributed by atoms with Gasteiger partial charge in [0.05, 0.1) is 31.9 Å². The molecular weight excluding hydrogens is 484 g/mol. The summed E-state index contributed by atoms with van der Waals surface area (Å²) in [6.45, 7) is 3.84. The number of hydrogen-bond donors (Lipinski definition) is 1. The summed E-state index contributed by atoms with van der Waals surface area (Å²) in [5.74, 6) is -0.373. The summed E-state index contributed by atoms with van der Waals surface area (Å²) in [6, 6.07) is 18.5. The molecule has 4 rings (SSSR count). The molecule has 3 aromatic carbocycles. The Morgan fingerprint density at radius 1 is 0.921 bits per heavy atom. The van der Waals surface area contributed by atoms with E-state index in [1.54, 1.807) is 42.5 Å². The number of rotatable bonds is 8. The van der Waals surface area contributed by atoms with E-state index in [4.69, 9.17) is 14.2 Å². The molecule has 1 saturated heterocycles. The lowest BCUT2D eigenvalue weighted by Gasteiger charge is -2.26. The standard InChI is InChI=1S/C30H32N2O6/c1-18(2)38-23-9-7-8-19(16-23)27-26(28(33)20-10-15-24(36-5)25(17-20)37-6)29(34)30(35)32(27)22-13-11-21(12-14-22)31(3)4/h7-18,27,33H,1-6H3/b28-26+. The minimum atomic E-state index is -0.885. The summed E-state index contributed by atoms with van der Waals surface area (Å²) in [7, 11) is 6.84. The van der Waals surface area contributed by atoms with Gasteiger partial charge in [-0.15, -0.1) is 0 Å². The number of anilines is 2. The molecule has 0 radical (unpaired) electrons. The Bertz CT molecular complexity index is 1380. The molecule has 198 valence electrons. The second-order valence-corrected chi connectivity index (χ2v) is 9.39. The van der Waals surface area contributed by atoms with E-state index < -0.39 is 17.7 Å². The zero-order valence-electron chi connectivity index (χ0n) is 22.4. The van der Waals surface area contributed by atoms with E-state index in [0.717, 1.165) is 5.69 Å². The van der Waals surface area contributed by atoms with Gasteiger partial charge in [-0.3, -0.25) is 14.5 Å². The highest BCUT2D eigenvalue weighted by atomic mass is 16.5. The largest absolute Gasteiger partial charge is 0.507 e. The average molecular weight is 517 g/mol. The molecule has 0 aliphatic carbocycles. The van der Waals surface area contributed by atoms with Crippen molar-refractivity contribution in [2.45, 2.75) is 26.0 Å². The van der Waals surface area contributed by atoms with Crippen molar-refractivity contribution in [1.29, 1.82) is 0 Å². The molecule has 1 N–H and O–H groups in total. The maximum atomic E-state index is 13.5. The van der Waals surface area contributed by atoms with Crippen molar-refractivity contribution < 1.29 is 28.9 Å². The van der Waals surface area contributed by atoms with Gasteiger partial charge in [-0.2, -0.15) is 0 Å². The van der Waals surface area contributed by atoms with Crippen LogP contribution in [-0.2, 0) is 9.59 Å². The highest BCUT2D eigenvalue weighted by molar-refractivity contribution is 6.51. The molecule has 8 nitrogen and oxygen atoms in total. The van der Waals surface area contributed by atoms with Gasteiger partial charge in [-0.05, 0) is 74.0 Å². The van der Waals surface area contributed by atoms with Gasteiger partial charge in [0.25, 0.3) is 11.7 Å². The number of hydrogen-bond acceptors (Lipinski definition) is 7. The molecule has 0 bridgehead atoms. The topological polar surface area (TPSA) is 88.5 Å². The minimum absolute atomic E-state index is 0.0272. The number of nitrogens with zero attached hydrogens (tertiary/aromatic N) is 2. The minimum Gasteiger partial charge on any atom is -0.507 e. The first-order valence-electron chi connectivity index (χ1n) is 12.2. The molecule has 1 amide bonds. The van der Waals surface area contributed by atoms with E-state index in [1.807, 2.05) is 57.1 Å². The van der Waals surface area contributed by atoms with E-state index in [-0.39, 0.29) is 17.4 Å². The van der Waals surface area contributed by atoms with Crippen molar-refractivity contribution in [3.05, 3.63) is 83.4 Å². The number of ether oxygens (including phenoxy) is 3. The van der Waals surface area contributed by atoms with E-state index in [2.05, 4.69) is 0 Å². The van der Waals surface area contributed by atoms with Crippen LogP contribution in [0.4, 0.5) is 11.4 Å². The van der Waals surface area contributed by atoms with E-state index in [9.17, 15) is 14.7 Å². The lowest BCUT2D eigenvalue weighted by Crippen LogP contribution is -2.29. The SMILES string of the molecule is COc1ccc(/C(O)=C2\C(=O)C(=O)N(c3ccc(N(C)C)cc3)C2c2cccc(OC(C)C)c2)cc1OC. The lowest BCUT2D eigenvalue weighted by atomic mass is 9.94. The number of carbonyl (C=O) groups is 2. The van der Waals surface area contributed by atoms with Crippen LogP contribution in [0.2, 0.25) is 0 Å². The van der Waals surface area contributed by atoms with E-state index in [0.29, 0.717) is 34.1 Å². The summed E-state index contributed by atoms with van der Waals surface area (Å²) in [4.78, 5) is 30.3. The second kappa shape index (κ2) is 10.9. The fourth-order valence-corrected chi connectivity index (χ4v) is 4.49. The molecule has 3 aromatic rings. The number of carbonyl (C=O) groups excluding carboxylic acids is 2. The van der Waals surface area contributed by atoms with E-state index >= 15 is 0 Å². The monoisotopic (exact) mass is 516 g/mol. The molecular formula is C30H32N2O6. The van der Waals surface area contributed by atoms with Crippen LogP contribution < -0.4 is 24.0 Å². The van der Waals surface area contributed by atoms with Gasteiger partial charge in [0.1, 0.15) is 11.5 Å². The third-order valence-electron chi connectivity index (χ3n) is 6.29. The Balaban J connectivity index is 1.92. The highest BCUT2D eigenvalue weighted by Gasteiger charge is 2.47. The van der Waals surface area contributed by atoms with E-state index in [1.165, 1.54) is 19.1 Å². The molecule has 0 spiro atoms. The van der Waals surface area contributed by atoms with Crippen molar-refractivity contribution in [2.75, 3.05) is 38.1 Å². The van der Waals surface area contributed by atoms with Crippen LogP contribution in [0.3, 0.4) is 0 Å². The molecule has 1 aliphatic heterocycles. The number of methoxy groups -OCH3 is 2. The summed E-state index contributed by atoms with van der Waals surface area (Å²) in [5, 5.41) is 11.5. The Kier molecular flexibility index (Phi) is 7.62. The summed E-state index contributed by atoms with van der Waals surface area (Å²) < 4.78 is 16.6. The average Bonchev–Trinajstić information content (AvgIpc) is 3.17. The summed E-state index contributed by atoms with van der Waals surface area (Å²) in [6.07, 6.45) is -0.0676. The van der Waals surface area contributed by atoms with Gasteiger partial charge in [-0.1, -0.05) is 12.1 Å². The van der Waals surface area contributed by atoms with Crippen LogP contribution in [-0.4, -0.2) is 51.2 Å². The quantitative estimate of drug-likeness (QED) is 0.251.